The van der Waals surface area contributed by atoms with Gasteiger partial charge in [-0.05, 0) is 61.5 Å². The van der Waals surface area contributed by atoms with Crippen molar-refractivity contribution in [1.82, 2.24) is 14.9 Å². The van der Waals surface area contributed by atoms with Gasteiger partial charge in [0.25, 0.3) is 0 Å². The number of methoxy groups -OCH3 is 1. The number of anilines is 2. The van der Waals surface area contributed by atoms with Crippen LogP contribution < -0.4 is 20.3 Å². The van der Waals surface area contributed by atoms with E-state index in [1.54, 1.807) is 13.3 Å². The normalized spacial score (nSPS) is 21.4. The number of pyridine rings is 1. The van der Waals surface area contributed by atoms with Gasteiger partial charge in [0.1, 0.15) is 11.8 Å². The number of carbonyl (C=O) groups excluding carboxylic acids is 1. The van der Waals surface area contributed by atoms with E-state index in [4.69, 9.17) is 21.7 Å². The van der Waals surface area contributed by atoms with Gasteiger partial charge >= 0.3 is 0 Å². The highest BCUT2D eigenvalue weighted by Gasteiger charge is 2.42. The standard InChI is InChI=1S/C27H31N5O3S/c1-3-24(33)29-20-12-11-18(16-23(20)34-2)32-26(25(30-27(32)36)21-9-4-5-13-28-21)22-10-6-14-31(22)17-19-8-7-15-35-19/h4-6,9-14,16,19,25-26H,3,7-8,15,17H2,1-2H3,(H,29,33)(H,30,36)/t19-,25-,26+/m0/s1. The van der Waals surface area contributed by atoms with Gasteiger partial charge in [-0.15, -0.1) is 0 Å². The number of thiocarbonyl (C=S) groups is 1. The van der Waals surface area contributed by atoms with E-state index in [1.807, 2.05) is 43.3 Å². The molecule has 2 aliphatic rings. The molecule has 8 nitrogen and oxygen atoms in total. The van der Waals surface area contributed by atoms with Crippen LogP contribution in [0.1, 0.15) is 49.7 Å². The van der Waals surface area contributed by atoms with Crippen LogP contribution in [0.3, 0.4) is 0 Å². The molecule has 0 unspecified atom stereocenters. The van der Waals surface area contributed by atoms with Gasteiger partial charge < -0.3 is 29.6 Å². The molecule has 0 bridgehead atoms. The zero-order chi connectivity index (χ0) is 25.1. The molecule has 1 amide bonds. The molecule has 0 saturated carbocycles. The molecule has 4 heterocycles. The third kappa shape index (κ3) is 4.81. The van der Waals surface area contributed by atoms with Crippen LogP contribution in [0.25, 0.3) is 0 Å². The van der Waals surface area contributed by atoms with E-state index in [0.29, 0.717) is 23.0 Å². The Morgan fingerprint density at radius 2 is 2.17 bits per heavy atom. The average Bonchev–Trinajstić information content (AvgIpc) is 3.65. The lowest BCUT2D eigenvalue weighted by atomic mass is 10.0. The molecule has 0 spiro atoms. The number of benzene rings is 1. The third-order valence-electron chi connectivity index (χ3n) is 6.75. The van der Waals surface area contributed by atoms with Gasteiger partial charge in [0, 0.05) is 49.4 Å². The second kappa shape index (κ2) is 10.7. The summed E-state index contributed by atoms with van der Waals surface area (Å²) in [5, 5.41) is 7.02. The maximum atomic E-state index is 12.0. The van der Waals surface area contributed by atoms with Gasteiger partial charge in [-0.3, -0.25) is 9.78 Å². The minimum atomic E-state index is -0.151. The van der Waals surface area contributed by atoms with Gasteiger partial charge in [-0.25, -0.2) is 0 Å². The Kier molecular flexibility index (Phi) is 7.20. The first-order valence-electron chi connectivity index (χ1n) is 12.3. The van der Waals surface area contributed by atoms with Crippen molar-refractivity contribution < 1.29 is 14.3 Å². The third-order valence-corrected chi connectivity index (χ3v) is 7.06. The predicted octanol–water partition coefficient (Wildman–Crippen LogP) is 4.60. The molecule has 9 heteroatoms. The first-order chi connectivity index (χ1) is 17.6. The lowest BCUT2D eigenvalue weighted by Gasteiger charge is -2.30. The van der Waals surface area contributed by atoms with Crippen LogP contribution in [0.4, 0.5) is 11.4 Å². The Hall–Kier alpha value is -3.43. The summed E-state index contributed by atoms with van der Waals surface area (Å²) in [5.41, 5.74) is 3.53. The highest BCUT2D eigenvalue weighted by Crippen LogP contribution is 2.43. The number of hydrogen-bond donors (Lipinski definition) is 2. The summed E-state index contributed by atoms with van der Waals surface area (Å²) in [6, 6.07) is 15.6. The highest BCUT2D eigenvalue weighted by molar-refractivity contribution is 7.80. The summed E-state index contributed by atoms with van der Waals surface area (Å²) in [6.45, 7) is 3.43. The van der Waals surface area contributed by atoms with Gasteiger partial charge in [-0.2, -0.15) is 0 Å². The molecule has 3 aromatic rings. The fraction of sp³-hybridized carbons (Fsp3) is 0.370. The van der Waals surface area contributed by atoms with E-state index < -0.39 is 0 Å². The smallest absolute Gasteiger partial charge is 0.224 e. The first-order valence-corrected chi connectivity index (χ1v) is 12.7. The number of hydrogen-bond acceptors (Lipinski definition) is 5. The van der Waals surface area contributed by atoms with Crippen molar-refractivity contribution in [3.8, 4) is 5.75 Å². The monoisotopic (exact) mass is 505 g/mol. The number of carbonyl (C=O) groups is 1. The van der Waals surface area contributed by atoms with Crippen molar-refractivity contribution >= 4 is 34.6 Å². The number of amides is 1. The Balaban J connectivity index is 1.55. The molecule has 3 atom stereocenters. The van der Waals surface area contributed by atoms with E-state index in [0.717, 1.165) is 43.1 Å². The number of nitrogens with zero attached hydrogens (tertiary/aromatic N) is 3. The molecule has 1 aromatic carbocycles. The lowest BCUT2D eigenvalue weighted by molar-refractivity contribution is -0.115. The first kappa shape index (κ1) is 24.3. The Labute approximate surface area is 216 Å². The van der Waals surface area contributed by atoms with Gasteiger partial charge in [-0.1, -0.05) is 13.0 Å². The molecule has 5 rings (SSSR count). The Morgan fingerprint density at radius 3 is 2.89 bits per heavy atom. The van der Waals surface area contributed by atoms with Crippen LogP contribution in [-0.4, -0.2) is 40.4 Å². The average molecular weight is 506 g/mol. The summed E-state index contributed by atoms with van der Waals surface area (Å²) in [5.74, 6) is 0.506. The van der Waals surface area contributed by atoms with Gasteiger partial charge in [0.2, 0.25) is 5.91 Å². The zero-order valence-electron chi connectivity index (χ0n) is 20.5. The largest absolute Gasteiger partial charge is 0.494 e. The van der Waals surface area contributed by atoms with Crippen molar-refractivity contribution in [2.45, 2.75) is 50.9 Å². The van der Waals surface area contributed by atoms with E-state index in [2.05, 4.69) is 43.4 Å². The molecular formula is C27H31N5O3S. The van der Waals surface area contributed by atoms with Crippen molar-refractivity contribution in [2.24, 2.45) is 0 Å². The number of ether oxygens (including phenoxy) is 2. The molecule has 2 N–H and O–H groups in total. The maximum Gasteiger partial charge on any atom is 0.224 e. The molecule has 0 radical (unpaired) electrons. The van der Waals surface area contributed by atoms with Crippen LogP contribution in [0.15, 0.2) is 60.9 Å². The van der Waals surface area contributed by atoms with Crippen LogP contribution in [0.5, 0.6) is 5.75 Å². The molecule has 2 aliphatic heterocycles. The van der Waals surface area contributed by atoms with Crippen molar-refractivity contribution in [2.75, 3.05) is 23.9 Å². The quantitative estimate of drug-likeness (QED) is 0.433. The Morgan fingerprint density at radius 1 is 1.28 bits per heavy atom. The second-order valence-electron chi connectivity index (χ2n) is 9.00. The SMILES string of the molecule is CCC(=O)Nc1ccc(N2C(=S)N[C@@H](c3ccccn3)[C@H]2c2cccn2C[C@@H]2CCCO2)cc1OC. The van der Waals surface area contributed by atoms with Crippen molar-refractivity contribution in [3.05, 3.63) is 72.3 Å². The highest BCUT2D eigenvalue weighted by atomic mass is 32.1. The summed E-state index contributed by atoms with van der Waals surface area (Å²) in [4.78, 5) is 18.8. The number of nitrogens with one attached hydrogen (secondary N) is 2. The predicted molar refractivity (Wildman–Crippen MR) is 143 cm³/mol. The summed E-state index contributed by atoms with van der Waals surface area (Å²) < 4.78 is 13.8. The molecular weight excluding hydrogens is 474 g/mol. The minimum absolute atomic E-state index is 0.0699. The van der Waals surface area contributed by atoms with Gasteiger partial charge in [0.05, 0.1) is 30.6 Å². The van der Waals surface area contributed by atoms with Crippen LogP contribution >= 0.6 is 12.2 Å². The second-order valence-corrected chi connectivity index (χ2v) is 9.39. The lowest BCUT2D eigenvalue weighted by Crippen LogP contribution is -2.31. The topological polar surface area (TPSA) is 80.7 Å². The number of rotatable bonds is 8. The van der Waals surface area contributed by atoms with Crippen LogP contribution in [0.2, 0.25) is 0 Å². The molecule has 188 valence electrons. The Bertz CT molecular complexity index is 1230. The molecule has 0 aliphatic carbocycles. The van der Waals surface area contributed by atoms with E-state index in [1.165, 1.54) is 0 Å². The molecule has 2 saturated heterocycles. The van der Waals surface area contributed by atoms with Crippen LogP contribution in [-0.2, 0) is 16.1 Å². The molecule has 2 fully saturated rings. The van der Waals surface area contributed by atoms with E-state index in [-0.39, 0.29) is 24.1 Å². The summed E-state index contributed by atoms with van der Waals surface area (Å²) in [7, 11) is 1.60. The van der Waals surface area contributed by atoms with Crippen molar-refractivity contribution in [1.29, 1.82) is 0 Å². The summed E-state index contributed by atoms with van der Waals surface area (Å²) in [6.07, 6.45) is 6.67. The maximum absolute atomic E-state index is 12.0. The van der Waals surface area contributed by atoms with E-state index >= 15 is 0 Å². The van der Waals surface area contributed by atoms with Crippen molar-refractivity contribution in [3.63, 3.8) is 0 Å². The minimum Gasteiger partial charge on any atom is -0.494 e. The zero-order valence-corrected chi connectivity index (χ0v) is 21.3. The fourth-order valence-corrected chi connectivity index (χ4v) is 5.32. The van der Waals surface area contributed by atoms with Crippen LogP contribution in [0, 0.1) is 0 Å². The number of aromatic nitrogens is 2. The molecule has 2 aromatic heterocycles. The van der Waals surface area contributed by atoms with E-state index in [9.17, 15) is 4.79 Å². The molecule has 36 heavy (non-hydrogen) atoms. The summed E-state index contributed by atoms with van der Waals surface area (Å²) >= 11 is 5.88. The fourth-order valence-electron chi connectivity index (χ4n) is 4.97. The van der Waals surface area contributed by atoms with Gasteiger partial charge in [0.15, 0.2) is 5.11 Å².